The van der Waals surface area contributed by atoms with Crippen LogP contribution in [-0.2, 0) is 40.3 Å². The first-order valence-electron chi connectivity index (χ1n) is 15.9. The summed E-state index contributed by atoms with van der Waals surface area (Å²) in [6.45, 7) is 3.55. The number of benzene rings is 1. The number of ether oxygens (including phenoxy) is 1. The molecule has 4 unspecified atom stereocenters. The maximum atomic E-state index is 13.5. The summed E-state index contributed by atoms with van der Waals surface area (Å²) in [5, 5.41) is 48.8. The number of carbonyl (C=O) groups is 3. The van der Waals surface area contributed by atoms with Crippen molar-refractivity contribution in [2.45, 2.75) is 93.8 Å². The Morgan fingerprint density at radius 1 is 1.31 bits per heavy atom. The molecule has 2 aliphatic heterocycles. The summed E-state index contributed by atoms with van der Waals surface area (Å²) in [6.07, 6.45) is -0.269. The Kier molecular flexibility index (Phi) is 10.6. The van der Waals surface area contributed by atoms with Gasteiger partial charge in [-0.25, -0.2) is 9.78 Å². The lowest BCUT2D eigenvalue weighted by Gasteiger charge is -2.50. The summed E-state index contributed by atoms with van der Waals surface area (Å²) in [6, 6.07) is 3.55. The first-order chi connectivity index (χ1) is 24.2. The van der Waals surface area contributed by atoms with Gasteiger partial charge in [0.15, 0.2) is 16.9 Å². The molecule has 3 aliphatic rings. The smallest absolute Gasteiger partial charge is 0.418 e. The van der Waals surface area contributed by atoms with Crippen molar-refractivity contribution in [3.8, 4) is 5.75 Å². The van der Waals surface area contributed by atoms with Crippen molar-refractivity contribution in [1.29, 1.82) is 5.41 Å². The minimum atomic E-state index is -5.05. The van der Waals surface area contributed by atoms with Crippen LogP contribution in [0.15, 0.2) is 28.7 Å². The van der Waals surface area contributed by atoms with Gasteiger partial charge in [-0.05, 0) is 76.6 Å². The number of aromatic nitrogens is 1. The number of hydroxylamine groups is 2. The van der Waals surface area contributed by atoms with Gasteiger partial charge in [0.25, 0.3) is 17.4 Å². The standard InChI is InChI=1S/C30H40N8O12S2/c1-28(2)22(25(42)38(28)50-52(45,46)47)36-24(41)21(18-13-51-27(32)35-18)37-49-29(3,26(43)44)20-7-5-14-8-15(4-6-19(14)48-20)23(31)34-16-9-30(33,10-16)11-17(40)12-39/h4,6,8,13,16-17,20,22,39-40H,5,7,9-12,33H2,1-3H3,(H2,31,34)(H2,32,35)(H,36,41)(H,43,44)(H,45,46,47). The van der Waals surface area contributed by atoms with E-state index in [-0.39, 0.29) is 42.2 Å². The molecule has 1 aliphatic carbocycles. The van der Waals surface area contributed by atoms with E-state index in [0.29, 0.717) is 41.2 Å². The van der Waals surface area contributed by atoms with Crippen LogP contribution in [0.2, 0.25) is 0 Å². The van der Waals surface area contributed by atoms with Crippen LogP contribution in [0.3, 0.4) is 0 Å². The molecule has 4 atom stereocenters. The minimum absolute atomic E-state index is 0.0391. The predicted molar refractivity (Wildman–Crippen MR) is 182 cm³/mol. The minimum Gasteiger partial charge on any atom is -0.485 e. The number of aliphatic hydroxyl groups is 2. The second kappa shape index (κ2) is 14.2. The zero-order chi connectivity index (χ0) is 38.4. The number of anilines is 1. The van der Waals surface area contributed by atoms with Crippen molar-refractivity contribution >= 4 is 56.2 Å². The highest BCUT2D eigenvalue weighted by atomic mass is 32.3. The lowest BCUT2D eigenvalue weighted by atomic mass is 9.70. The number of nitrogens with one attached hydrogen (secondary N) is 3. The van der Waals surface area contributed by atoms with Gasteiger partial charge in [-0.1, -0.05) is 5.16 Å². The van der Waals surface area contributed by atoms with Crippen molar-refractivity contribution < 1.29 is 56.5 Å². The van der Waals surface area contributed by atoms with E-state index >= 15 is 0 Å². The quantitative estimate of drug-likeness (QED) is 0.0367. The number of nitrogen functional groups attached to an aromatic ring is 1. The molecule has 0 spiro atoms. The number of carboxylic acids is 1. The summed E-state index contributed by atoms with van der Waals surface area (Å²) in [5.41, 5.74) is 8.39. The van der Waals surface area contributed by atoms with Crippen LogP contribution < -0.4 is 26.8 Å². The highest BCUT2D eigenvalue weighted by Gasteiger charge is 2.58. The van der Waals surface area contributed by atoms with E-state index in [1.165, 1.54) is 26.2 Å². The van der Waals surface area contributed by atoms with Gasteiger partial charge in [0.1, 0.15) is 23.3 Å². The molecule has 22 heteroatoms. The lowest BCUT2D eigenvalue weighted by Crippen LogP contribution is -2.76. The monoisotopic (exact) mass is 768 g/mol. The Morgan fingerprint density at radius 2 is 2.00 bits per heavy atom. The maximum Gasteiger partial charge on any atom is 0.418 e. The zero-order valence-corrected chi connectivity index (χ0v) is 29.9. The second-order valence-corrected chi connectivity index (χ2v) is 15.6. The first kappa shape index (κ1) is 38.8. The second-order valence-electron chi connectivity index (χ2n) is 13.7. The number of aliphatic hydroxyl groups excluding tert-OH is 2. The molecule has 3 heterocycles. The van der Waals surface area contributed by atoms with Crippen molar-refractivity contribution in [3.63, 3.8) is 0 Å². The average molecular weight is 769 g/mol. The summed E-state index contributed by atoms with van der Waals surface area (Å²) in [7, 11) is -5.05. The number of amidine groups is 1. The van der Waals surface area contributed by atoms with E-state index in [4.69, 9.17) is 36.1 Å². The number of aliphatic carboxylic acids is 1. The average Bonchev–Trinajstić information content (AvgIpc) is 3.49. The van der Waals surface area contributed by atoms with Crippen molar-refractivity contribution in [3.05, 3.63) is 40.4 Å². The fraction of sp³-hybridized carbons (Fsp3) is 0.533. The number of β-lactam (4-membered cyclic amide) rings is 1. The van der Waals surface area contributed by atoms with E-state index in [9.17, 15) is 33.0 Å². The highest BCUT2D eigenvalue weighted by molar-refractivity contribution is 7.80. The van der Waals surface area contributed by atoms with Gasteiger partial charge in [-0.15, -0.1) is 15.6 Å². The number of rotatable bonds is 14. The maximum absolute atomic E-state index is 13.5. The number of amides is 2. The van der Waals surface area contributed by atoms with Gasteiger partial charge in [-0.3, -0.25) is 19.6 Å². The summed E-state index contributed by atoms with van der Waals surface area (Å²) in [4.78, 5) is 48.4. The Hall–Kier alpha value is -4.45. The number of oxime groups is 1. The highest BCUT2D eigenvalue weighted by Crippen LogP contribution is 2.37. The van der Waals surface area contributed by atoms with Crippen molar-refractivity contribution in [2.75, 3.05) is 12.3 Å². The summed E-state index contributed by atoms with van der Waals surface area (Å²) in [5.74, 6) is -3.03. The lowest BCUT2D eigenvalue weighted by molar-refractivity contribution is -0.218. The van der Waals surface area contributed by atoms with E-state index in [1.54, 1.807) is 18.2 Å². The van der Waals surface area contributed by atoms with E-state index in [0.717, 1.165) is 11.3 Å². The molecule has 5 rings (SSSR count). The molecule has 1 saturated carbocycles. The SMILES string of the molecule is CC(ON=C(C(=O)NC1C(=O)N(OS(=O)(=O)O)C1(C)C)c1csc(N)n1)(C(=O)O)C1CCc2cc(C(=N)NC3CC(N)(CC(O)CO)C3)ccc2O1. The van der Waals surface area contributed by atoms with Crippen LogP contribution in [0.5, 0.6) is 5.75 Å². The van der Waals surface area contributed by atoms with Crippen LogP contribution in [0, 0.1) is 5.41 Å². The molecule has 2 fully saturated rings. The molecular weight excluding hydrogens is 729 g/mol. The van der Waals surface area contributed by atoms with Crippen LogP contribution in [0.25, 0.3) is 0 Å². The number of thiazole rings is 1. The fourth-order valence-corrected chi connectivity index (χ4v) is 7.34. The van der Waals surface area contributed by atoms with Crippen LogP contribution in [-0.4, -0.2) is 115 Å². The van der Waals surface area contributed by atoms with Crippen LogP contribution >= 0.6 is 11.3 Å². The Balaban J connectivity index is 1.28. The van der Waals surface area contributed by atoms with E-state index in [1.807, 2.05) is 0 Å². The molecule has 11 N–H and O–H groups in total. The number of aryl methyl sites for hydroxylation is 1. The fourth-order valence-electron chi connectivity index (χ4n) is 6.34. The topological polar surface area (TPSA) is 322 Å². The largest absolute Gasteiger partial charge is 0.485 e. The third-order valence-electron chi connectivity index (χ3n) is 9.27. The van der Waals surface area contributed by atoms with Crippen LogP contribution in [0.4, 0.5) is 5.13 Å². The summed E-state index contributed by atoms with van der Waals surface area (Å²) >= 11 is 0.946. The Labute approximate surface area is 301 Å². The van der Waals surface area contributed by atoms with Crippen molar-refractivity contribution in [1.82, 2.24) is 20.7 Å². The molecule has 0 bridgehead atoms. The first-order valence-corrected chi connectivity index (χ1v) is 18.2. The molecular formula is C30H40N8O12S2. The van der Waals surface area contributed by atoms with Gasteiger partial charge in [0, 0.05) is 22.5 Å². The number of carboxylic acid groups (broad SMARTS) is 1. The van der Waals surface area contributed by atoms with E-state index in [2.05, 4.69) is 25.1 Å². The van der Waals surface area contributed by atoms with Crippen LogP contribution in [0.1, 0.15) is 63.3 Å². The summed E-state index contributed by atoms with van der Waals surface area (Å²) < 4.78 is 41.7. The molecule has 1 aromatic carbocycles. The van der Waals surface area contributed by atoms with E-state index < -0.39 is 68.8 Å². The molecule has 2 amide bonds. The molecule has 1 saturated heterocycles. The normalized spacial score (nSPS) is 25.7. The zero-order valence-electron chi connectivity index (χ0n) is 28.2. The molecule has 284 valence electrons. The number of fused-ring (bicyclic) bond motifs is 1. The van der Waals surface area contributed by atoms with Gasteiger partial charge < -0.3 is 47.0 Å². The molecule has 20 nitrogen and oxygen atoms in total. The number of nitrogens with zero attached hydrogens (tertiary/aromatic N) is 3. The Morgan fingerprint density at radius 3 is 2.58 bits per heavy atom. The predicted octanol–water partition coefficient (Wildman–Crippen LogP) is -0.959. The van der Waals surface area contributed by atoms with Gasteiger partial charge in [-0.2, -0.15) is 13.5 Å². The molecule has 2 aromatic rings. The van der Waals surface area contributed by atoms with Gasteiger partial charge in [0.05, 0.1) is 18.2 Å². The number of nitrogens with two attached hydrogens (primary N) is 2. The molecule has 1 aromatic heterocycles. The van der Waals surface area contributed by atoms with Crippen molar-refractivity contribution in [2.24, 2.45) is 10.9 Å². The third-order valence-corrected chi connectivity index (χ3v) is 10.3. The molecule has 52 heavy (non-hydrogen) atoms. The number of carbonyl (C=O) groups excluding carboxylic acids is 2. The molecule has 0 radical (unpaired) electrons. The third kappa shape index (κ3) is 7.96. The van der Waals surface area contributed by atoms with Gasteiger partial charge in [0.2, 0.25) is 0 Å². The number of hydrogen-bond donors (Lipinski definition) is 9. The Bertz CT molecular complexity index is 1900. The number of hydrogen-bond acceptors (Lipinski definition) is 16. The van der Waals surface area contributed by atoms with Gasteiger partial charge >= 0.3 is 16.4 Å².